The first-order valence-corrected chi connectivity index (χ1v) is 8.69. The Labute approximate surface area is 149 Å². The molecule has 0 spiro atoms. The number of benzene rings is 2. The van der Waals surface area contributed by atoms with E-state index < -0.39 is 0 Å². The molecule has 1 heterocycles. The SMILES string of the molecule is CC(C)c1cc(C(=O)N(C)C(C)c2cccc3ccccc23)n(C)n1. The molecule has 0 saturated heterocycles. The molecule has 1 amide bonds. The maximum absolute atomic E-state index is 13.0. The number of rotatable bonds is 4. The monoisotopic (exact) mass is 335 g/mol. The van der Waals surface area contributed by atoms with Crippen molar-refractivity contribution in [1.82, 2.24) is 14.7 Å². The summed E-state index contributed by atoms with van der Waals surface area (Å²) in [5.74, 6) is 0.288. The van der Waals surface area contributed by atoms with Gasteiger partial charge >= 0.3 is 0 Å². The van der Waals surface area contributed by atoms with Crippen LogP contribution in [0.5, 0.6) is 0 Å². The summed E-state index contributed by atoms with van der Waals surface area (Å²) in [5, 5.41) is 6.84. The van der Waals surface area contributed by atoms with Gasteiger partial charge < -0.3 is 4.90 Å². The Morgan fingerprint density at radius 2 is 1.76 bits per heavy atom. The van der Waals surface area contributed by atoms with Gasteiger partial charge in [0.05, 0.1) is 11.7 Å². The number of carbonyl (C=O) groups excluding carboxylic acids is 1. The highest BCUT2D eigenvalue weighted by Crippen LogP contribution is 2.28. The fraction of sp³-hybridized carbons (Fsp3) is 0.333. The van der Waals surface area contributed by atoms with E-state index in [9.17, 15) is 4.79 Å². The van der Waals surface area contributed by atoms with Crippen molar-refractivity contribution in [3.8, 4) is 0 Å². The number of amides is 1. The van der Waals surface area contributed by atoms with Gasteiger partial charge in [0.2, 0.25) is 0 Å². The first kappa shape index (κ1) is 17.2. The number of carbonyl (C=O) groups is 1. The van der Waals surface area contributed by atoms with Crippen LogP contribution in [0.3, 0.4) is 0 Å². The predicted molar refractivity (Wildman–Crippen MR) is 102 cm³/mol. The van der Waals surface area contributed by atoms with Gasteiger partial charge in [0.15, 0.2) is 0 Å². The van der Waals surface area contributed by atoms with Crippen molar-refractivity contribution < 1.29 is 4.79 Å². The molecule has 0 saturated carbocycles. The fourth-order valence-electron chi connectivity index (χ4n) is 3.15. The molecule has 4 heteroatoms. The molecule has 25 heavy (non-hydrogen) atoms. The van der Waals surface area contributed by atoms with Crippen molar-refractivity contribution in [3.63, 3.8) is 0 Å². The van der Waals surface area contributed by atoms with Crippen LogP contribution in [0.4, 0.5) is 0 Å². The van der Waals surface area contributed by atoms with Gasteiger partial charge in [-0.25, -0.2) is 0 Å². The maximum Gasteiger partial charge on any atom is 0.272 e. The van der Waals surface area contributed by atoms with E-state index in [4.69, 9.17) is 0 Å². The first-order valence-electron chi connectivity index (χ1n) is 8.69. The topological polar surface area (TPSA) is 38.1 Å². The average Bonchev–Trinajstić information content (AvgIpc) is 3.01. The Hall–Kier alpha value is -2.62. The zero-order valence-electron chi connectivity index (χ0n) is 15.5. The lowest BCUT2D eigenvalue weighted by molar-refractivity contribution is 0.0732. The van der Waals surface area contributed by atoms with E-state index in [-0.39, 0.29) is 11.9 Å². The van der Waals surface area contributed by atoms with Gasteiger partial charge in [0.25, 0.3) is 5.91 Å². The third kappa shape index (κ3) is 3.16. The number of hydrogen-bond acceptors (Lipinski definition) is 2. The lowest BCUT2D eigenvalue weighted by atomic mass is 9.99. The molecule has 0 aliphatic rings. The average molecular weight is 335 g/mol. The van der Waals surface area contributed by atoms with E-state index >= 15 is 0 Å². The minimum atomic E-state index is -0.0315. The normalized spacial score (nSPS) is 12.6. The van der Waals surface area contributed by atoms with Crippen LogP contribution in [-0.4, -0.2) is 27.6 Å². The van der Waals surface area contributed by atoms with Crippen LogP contribution in [0.25, 0.3) is 10.8 Å². The number of aryl methyl sites for hydroxylation is 1. The summed E-state index contributed by atoms with van der Waals surface area (Å²) >= 11 is 0. The number of hydrogen-bond donors (Lipinski definition) is 0. The van der Waals surface area contributed by atoms with Crippen molar-refractivity contribution in [3.05, 3.63) is 65.5 Å². The highest BCUT2D eigenvalue weighted by atomic mass is 16.2. The van der Waals surface area contributed by atoms with E-state index in [1.54, 1.807) is 9.58 Å². The van der Waals surface area contributed by atoms with Gasteiger partial charge in [0, 0.05) is 14.1 Å². The summed E-state index contributed by atoms with van der Waals surface area (Å²) in [6.45, 7) is 6.23. The van der Waals surface area contributed by atoms with Crippen molar-refractivity contribution in [2.24, 2.45) is 7.05 Å². The molecular formula is C21H25N3O. The molecule has 1 aromatic heterocycles. The minimum absolute atomic E-state index is 0.0117. The molecule has 0 radical (unpaired) electrons. The highest BCUT2D eigenvalue weighted by molar-refractivity contribution is 5.93. The Bertz CT molecular complexity index is 905. The van der Waals surface area contributed by atoms with E-state index in [0.717, 1.165) is 11.3 Å². The van der Waals surface area contributed by atoms with Crippen molar-refractivity contribution in [2.45, 2.75) is 32.7 Å². The van der Waals surface area contributed by atoms with Crippen LogP contribution in [-0.2, 0) is 7.05 Å². The molecule has 0 bridgehead atoms. The van der Waals surface area contributed by atoms with Gasteiger partial charge in [-0.1, -0.05) is 56.3 Å². The number of aromatic nitrogens is 2. The molecule has 2 aromatic carbocycles. The largest absolute Gasteiger partial charge is 0.334 e. The van der Waals surface area contributed by atoms with Crippen molar-refractivity contribution in [1.29, 1.82) is 0 Å². The molecule has 3 aromatic rings. The quantitative estimate of drug-likeness (QED) is 0.702. The summed E-state index contributed by atoms with van der Waals surface area (Å²) < 4.78 is 1.68. The summed E-state index contributed by atoms with van der Waals surface area (Å²) in [7, 11) is 3.69. The number of nitrogens with zero attached hydrogens (tertiary/aromatic N) is 3. The second-order valence-electron chi connectivity index (χ2n) is 6.89. The molecule has 130 valence electrons. The molecule has 0 aliphatic carbocycles. The van der Waals surface area contributed by atoms with Gasteiger partial charge in [-0.15, -0.1) is 0 Å². The summed E-state index contributed by atoms with van der Waals surface area (Å²) in [4.78, 5) is 14.8. The Kier molecular flexibility index (Phi) is 4.62. The van der Waals surface area contributed by atoms with E-state index in [0.29, 0.717) is 11.6 Å². The standard InChI is InChI=1S/C21H25N3O/c1-14(2)19-13-20(24(5)22-19)21(25)23(4)15(3)17-12-8-10-16-9-6-7-11-18(16)17/h6-15H,1-5H3. The molecule has 1 atom stereocenters. The van der Waals surface area contributed by atoms with Crippen LogP contribution in [0.2, 0.25) is 0 Å². The molecule has 1 unspecified atom stereocenters. The Morgan fingerprint density at radius 3 is 2.44 bits per heavy atom. The highest BCUT2D eigenvalue weighted by Gasteiger charge is 2.23. The Morgan fingerprint density at radius 1 is 1.08 bits per heavy atom. The lowest BCUT2D eigenvalue weighted by Crippen LogP contribution is -2.31. The second-order valence-corrected chi connectivity index (χ2v) is 6.89. The second kappa shape index (κ2) is 6.71. The molecular weight excluding hydrogens is 310 g/mol. The van der Waals surface area contributed by atoms with Gasteiger partial charge in [-0.2, -0.15) is 5.10 Å². The summed E-state index contributed by atoms with van der Waals surface area (Å²) in [6, 6.07) is 16.4. The zero-order chi connectivity index (χ0) is 18.1. The number of fused-ring (bicyclic) bond motifs is 1. The van der Waals surface area contributed by atoms with Gasteiger partial charge in [-0.05, 0) is 35.2 Å². The third-order valence-corrected chi connectivity index (χ3v) is 4.88. The fourth-order valence-corrected chi connectivity index (χ4v) is 3.15. The Balaban J connectivity index is 1.94. The maximum atomic E-state index is 13.0. The molecule has 0 N–H and O–H groups in total. The van der Waals surface area contributed by atoms with E-state index in [1.807, 2.05) is 38.4 Å². The van der Waals surface area contributed by atoms with Crippen molar-refractivity contribution in [2.75, 3.05) is 7.05 Å². The van der Waals surface area contributed by atoms with Crippen LogP contribution < -0.4 is 0 Å². The summed E-state index contributed by atoms with van der Waals surface area (Å²) in [5.41, 5.74) is 2.72. The molecule has 3 rings (SSSR count). The van der Waals surface area contributed by atoms with E-state index in [1.165, 1.54) is 10.8 Å². The summed E-state index contributed by atoms with van der Waals surface area (Å²) in [6.07, 6.45) is 0. The molecule has 0 aliphatic heterocycles. The minimum Gasteiger partial charge on any atom is -0.334 e. The van der Waals surface area contributed by atoms with Crippen LogP contribution in [0.15, 0.2) is 48.5 Å². The lowest BCUT2D eigenvalue weighted by Gasteiger charge is -2.26. The molecule has 4 nitrogen and oxygen atoms in total. The smallest absolute Gasteiger partial charge is 0.272 e. The van der Waals surface area contributed by atoms with Gasteiger partial charge in [0.1, 0.15) is 5.69 Å². The third-order valence-electron chi connectivity index (χ3n) is 4.88. The van der Waals surface area contributed by atoms with Crippen LogP contribution in [0, 0.1) is 0 Å². The van der Waals surface area contributed by atoms with Gasteiger partial charge in [-0.3, -0.25) is 9.48 Å². The molecule has 0 fully saturated rings. The van der Waals surface area contributed by atoms with Crippen LogP contribution >= 0.6 is 0 Å². The van der Waals surface area contributed by atoms with Crippen LogP contribution in [0.1, 0.15) is 54.5 Å². The zero-order valence-corrected chi connectivity index (χ0v) is 15.5. The predicted octanol–water partition coefficient (Wildman–Crippen LogP) is 4.53. The van der Waals surface area contributed by atoms with E-state index in [2.05, 4.69) is 50.1 Å². The van der Waals surface area contributed by atoms with Crippen molar-refractivity contribution >= 4 is 16.7 Å². The first-order chi connectivity index (χ1) is 11.9.